The molecule has 1 aromatic carbocycles. The van der Waals surface area contributed by atoms with Gasteiger partial charge in [-0.1, -0.05) is 50.6 Å². The molecule has 1 N–H and O–H groups in total. The van der Waals surface area contributed by atoms with Crippen LogP contribution >= 0.6 is 0 Å². The number of hydrogen-bond acceptors (Lipinski definition) is 1. The topological polar surface area (TPSA) is 12.0 Å². The Labute approximate surface area is 102 Å². The van der Waals surface area contributed by atoms with Gasteiger partial charge in [0, 0.05) is 11.6 Å². The summed E-state index contributed by atoms with van der Waals surface area (Å²) in [7, 11) is 0. The molecular formula is C14H21F2N. The van der Waals surface area contributed by atoms with Gasteiger partial charge in [-0.05, 0) is 12.8 Å². The molecule has 0 heterocycles. The van der Waals surface area contributed by atoms with Crippen molar-refractivity contribution in [1.82, 2.24) is 5.32 Å². The van der Waals surface area contributed by atoms with Gasteiger partial charge in [0.05, 0.1) is 6.54 Å². The molecule has 1 unspecified atom stereocenters. The Morgan fingerprint density at radius 2 is 1.82 bits per heavy atom. The van der Waals surface area contributed by atoms with Crippen molar-refractivity contribution in [2.24, 2.45) is 0 Å². The van der Waals surface area contributed by atoms with Crippen LogP contribution in [0.5, 0.6) is 0 Å². The van der Waals surface area contributed by atoms with Crippen molar-refractivity contribution in [3.63, 3.8) is 0 Å². The van der Waals surface area contributed by atoms with Crippen LogP contribution < -0.4 is 5.32 Å². The molecule has 0 saturated heterocycles. The maximum atomic E-state index is 13.8. The fraction of sp³-hybridized carbons (Fsp3) is 0.571. The molecule has 0 radical (unpaired) electrons. The SMILES string of the molecule is CCCC(CC)NCC(F)(F)c1ccccc1. The first-order valence-electron chi connectivity index (χ1n) is 6.27. The first kappa shape index (κ1) is 14.1. The predicted molar refractivity (Wildman–Crippen MR) is 67.3 cm³/mol. The van der Waals surface area contributed by atoms with Gasteiger partial charge in [0.25, 0.3) is 5.92 Å². The minimum Gasteiger partial charge on any atom is -0.308 e. The van der Waals surface area contributed by atoms with E-state index in [1.165, 1.54) is 12.1 Å². The van der Waals surface area contributed by atoms with Crippen molar-refractivity contribution in [2.45, 2.75) is 45.1 Å². The first-order valence-corrected chi connectivity index (χ1v) is 6.27. The Morgan fingerprint density at radius 1 is 1.18 bits per heavy atom. The number of alkyl halides is 2. The zero-order chi connectivity index (χ0) is 12.7. The Bertz CT molecular complexity index is 311. The lowest BCUT2D eigenvalue weighted by molar-refractivity contribution is -0.00609. The quantitative estimate of drug-likeness (QED) is 0.762. The van der Waals surface area contributed by atoms with E-state index in [0.717, 1.165) is 19.3 Å². The highest BCUT2D eigenvalue weighted by molar-refractivity contribution is 5.20. The second kappa shape index (κ2) is 6.70. The molecule has 1 rings (SSSR count). The van der Waals surface area contributed by atoms with Crippen LogP contribution in [0.4, 0.5) is 8.78 Å². The van der Waals surface area contributed by atoms with Crippen molar-refractivity contribution < 1.29 is 8.78 Å². The van der Waals surface area contributed by atoms with Gasteiger partial charge in [0.15, 0.2) is 0 Å². The van der Waals surface area contributed by atoms with Gasteiger partial charge in [-0.25, -0.2) is 0 Å². The van der Waals surface area contributed by atoms with Gasteiger partial charge < -0.3 is 5.32 Å². The average molecular weight is 241 g/mol. The second-order valence-electron chi connectivity index (χ2n) is 4.35. The zero-order valence-electron chi connectivity index (χ0n) is 10.5. The maximum absolute atomic E-state index is 13.8. The van der Waals surface area contributed by atoms with Crippen LogP contribution in [0.1, 0.15) is 38.7 Å². The van der Waals surface area contributed by atoms with Crippen LogP contribution in [-0.2, 0) is 5.92 Å². The van der Waals surface area contributed by atoms with E-state index in [0.29, 0.717) is 0 Å². The van der Waals surface area contributed by atoms with E-state index in [1.54, 1.807) is 18.2 Å². The molecule has 0 aliphatic heterocycles. The maximum Gasteiger partial charge on any atom is 0.285 e. The number of benzene rings is 1. The zero-order valence-corrected chi connectivity index (χ0v) is 10.5. The normalized spacial score (nSPS) is 13.6. The van der Waals surface area contributed by atoms with Gasteiger partial charge in [0.1, 0.15) is 0 Å². The number of nitrogens with one attached hydrogen (secondary N) is 1. The largest absolute Gasteiger partial charge is 0.308 e. The first-order chi connectivity index (χ1) is 8.10. The van der Waals surface area contributed by atoms with Crippen molar-refractivity contribution >= 4 is 0 Å². The number of halogens is 2. The standard InChI is InChI=1S/C14H21F2N/c1-3-8-13(4-2)17-11-14(15,16)12-9-6-5-7-10-12/h5-7,9-10,13,17H,3-4,8,11H2,1-2H3. The minimum atomic E-state index is -2.79. The Hall–Kier alpha value is -0.960. The molecule has 1 nitrogen and oxygen atoms in total. The molecule has 96 valence electrons. The summed E-state index contributed by atoms with van der Waals surface area (Å²) in [6.45, 7) is 3.81. The second-order valence-corrected chi connectivity index (χ2v) is 4.35. The van der Waals surface area contributed by atoms with Gasteiger partial charge >= 0.3 is 0 Å². The lowest BCUT2D eigenvalue weighted by atomic mass is 10.1. The monoisotopic (exact) mass is 241 g/mol. The van der Waals surface area contributed by atoms with E-state index in [1.807, 2.05) is 6.92 Å². The van der Waals surface area contributed by atoms with Crippen molar-refractivity contribution in [3.8, 4) is 0 Å². The summed E-state index contributed by atoms with van der Waals surface area (Å²) in [5.74, 6) is -2.79. The molecule has 0 bridgehead atoms. The molecule has 1 atom stereocenters. The van der Waals surface area contributed by atoms with E-state index >= 15 is 0 Å². The van der Waals surface area contributed by atoms with Crippen molar-refractivity contribution in [2.75, 3.05) is 6.54 Å². The van der Waals surface area contributed by atoms with Gasteiger partial charge in [0.2, 0.25) is 0 Å². The summed E-state index contributed by atoms with van der Waals surface area (Å²) in [5, 5.41) is 2.96. The highest BCUT2D eigenvalue weighted by Gasteiger charge is 2.31. The average Bonchev–Trinajstić information content (AvgIpc) is 2.35. The smallest absolute Gasteiger partial charge is 0.285 e. The fourth-order valence-corrected chi connectivity index (χ4v) is 1.86. The molecule has 0 aliphatic carbocycles. The van der Waals surface area contributed by atoms with Gasteiger partial charge in [-0.15, -0.1) is 0 Å². The van der Waals surface area contributed by atoms with Crippen LogP contribution in [0, 0.1) is 0 Å². The fourth-order valence-electron chi connectivity index (χ4n) is 1.86. The summed E-state index contributed by atoms with van der Waals surface area (Å²) in [6.07, 6.45) is 2.85. The van der Waals surface area contributed by atoms with Crippen LogP contribution in [-0.4, -0.2) is 12.6 Å². The van der Waals surface area contributed by atoms with Gasteiger partial charge in [-0.2, -0.15) is 8.78 Å². The molecule has 0 spiro atoms. The number of hydrogen-bond donors (Lipinski definition) is 1. The van der Waals surface area contributed by atoms with Crippen LogP contribution in [0.3, 0.4) is 0 Å². The molecule has 0 amide bonds. The summed E-state index contributed by atoms with van der Waals surface area (Å²) in [4.78, 5) is 0. The summed E-state index contributed by atoms with van der Waals surface area (Å²) < 4.78 is 27.7. The summed E-state index contributed by atoms with van der Waals surface area (Å²) in [6, 6.07) is 8.18. The third-order valence-corrected chi connectivity index (χ3v) is 2.94. The highest BCUT2D eigenvalue weighted by atomic mass is 19.3. The Morgan fingerprint density at radius 3 is 2.35 bits per heavy atom. The van der Waals surface area contributed by atoms with E-state index in [9.17, 15) is 8.78 Å². The van der Waals surface area contributed by atoms with Crippen LogP contribution in [0.25, 0.3) is 0 Å². The van der Waals surface area contributed by atoms with Crippen molar-refractivity contribution in [1.29, 1.82) is 0 Å². The highest BCUT2D eigenvalue weighted by Crippen LogP contribution is 2.26. The van der Waals surface area contributed by atoms with Gasteiger partial charge in [-0.3, -0.25) is 0 Å². The predicted octanol–water partition coefficient (Wildman–Crippen LogP) is 3.95. The van der Waals surface area contributed by atoms with Crippen LogP contribution in [0.2, 0.25) is 0 Å². The lowest BCUT2D eigenvalue weighted by Gasteiger charge is -2.22. The molecule has 0 aromatic heterocycles. The lowest BCUT2D eigenvalue weighted by Crippen LogP contribution is -2.37. The molecular weight excluding hydrogens is 220 g/mol. The van der Waals surface area contributed by atoms with E-state index < -0.39 is 5.92 Å². The minimum absolute atomic E-state index is 0.0823. The Kier molecular flexibility index (Phi) is 5.56. The molecule has 0 saturated carbocycles. The van der Waals surface area contributed by atoms with E-state index in [2.05, 4.69) is 12.2 Å². The van der Waals surface area contributed by atoms with Crippen molar-refractivity contribution in [3.05, 3.63) is 35.9 Å². The molecule has 0 fully saturated rings. The summed E-state index contributed by atoms with van der Waals surface area (Å²) >= 11 is 0. The third kappa shape index (κ3) is 4.43. The molecule has 0 aliphatic rings. The van der Waals surface area contributed by atoms with E-state index in [4.69, 9.17) is 0 Å². The molecule has 17 heavy (non-hydrogen) atoms. The third-order valence-electron chi connectivity index (χ3n) is 2.94. The van der Waals surface area contributed by atoms with E-state index in [-0.39, 0.29) is 18.2 Å². The Balaban J connectivity index is 2.55. The van der Waals surface area contributed by atoms with Crippen LogP contribution in [0.15, 0.2) is 30.3 Å². The molecule has 1 aromatic rings. The summed E-state index contributed by atoms with van der Waals surface area (Å²) in [5.41, 5.74) is 0.0823. The number of rotatable bonds is 7. The molecule has 3 heteroatoms.